The van der Waals surface area contributed by atoms with Crippen LogP contribution in [0, 0.1) is 22.1 Å². The van der Waals surface area contributed by atoms with Gasteiger partial charge in [0.1, 0.15) is 0 Å². The van der Waals surface area contributed by atoms with Crippen molar-refractivity contribution in [3.63, 3.8) is 0 Å². The van der Waals surface area contributed by atoms with E-state index in [0.29, 0.717) is 21.7 Å². The first-order chi connectivity index (χ1) is 15.6. The summed E-state index contributed by atoms with van der Waals surface area (Å²) in [6.45, 7) is 0. The number of nitrogens with one attached hydrogen (secondary N) is 2. The molecule has 0 unspecified atom stereocenters. The van der Waals surface area contributed by atoms with Crippen LogP contribution in [0.5, 0.6) is 0 Å². The molecule has 0 saturated heterocycles. The van der Waals surface area contributed by atoms with Crippen LogP contribution in [0.15, 0.2) is 97.1 Å². The van der Waals surface area contributed by atoms with E-state index in [-0.39, 0.29) is 11.8 Å². The molecule has 32 heavy (non-hydrogen) atoms. The zero-order valence-electron chi connectivity index (χ0n) is 17.0. The molecule has 0 spiro atoms. The Morgan fingerprint density at radius 3 is 1.91 bits per heavy atom. The lowest BCUT2D eigenvalue weighted by Crippen LogP contribution is -2.12. The van der Waals surface area contributed by atoms with Gasteiger partial charge in [-0.2, -0.15) is 5.26 Å². The highest BCUT2D eigenvalue weighted by Gasteiger charge is 2.14. The van der Waals surface area contributed by atoms with Crippen molar-refractivity contribution in [3.8, 4) is 28.3 Å². The van der Waals surface area contributed by atoms with Crippen LogP contribution >= 0.6 is 11.6 Å². The lowest BCUT2D eigenvalue weighted by atomic mass is 9.95. The number of hydrogen-bond acceptors (Lipinski definition) is 4. The van der Waals surface area contributed by atoms with Crippen LogP contribution in [-0.2, 0) is 4.74 Å². The van der Waals surface area contributed by atoms with Gasteiger partial charge in [0.25, 0.3) is 0 Å². The van der Waals surface area contributed by atoms with Gasteiger partial charge in [-0.3, -0.25) is 10.8 Å². The average molecular weight is 436 g/mol. The number of halogens is 1. The van der Waals surface area contributed by atoms with Crippen LogP contribution in [0.4, 0.5) is 0 Å². The number of rotatable bonds is 4. The first kappa shape index (κ1) is 21.0. The van der Waals surface area contributed by atoms with Crippen LogP contribution in [0.2, 0.25) is 5.02 Å². The summed E-state index contributed by atoms with van der Waals surface area (Å²) >= 11 is 6.74. The monoisotopic (exact) mass is 435 g/mol. The topological polar surface area (TPSA) is 80.7 Å². The Bertz CT molecular complexity index is 1340. The quantitative estimate of drug-likeness (QED) is 0.269. The second-order valence-corrected chi connectivity index (χ2v) is 7.41. The molecule has 0 heterocycles. The molecular weight excluding hydrogens is 418 g/mol. The third kappa shape index (κ3) is 4.29. The van der Waals surface area contributed by atoms with E-state index in [9.17, 15) is 5.26 Å². The molecule has 0 aliphatic rings. The normalized spacial score (nSPS) is 10.2. The number of benzene rings is 4. The van der Waals surface area contributed by atoms with E-state index in [1.165, 1.54) is 0 Å². The standard InChI is InChI=1S/C27H18ClN3O/c28-25-23(11-6-12-24(25)22-10-5-4-9-21(22)17-29)18-13-15-20(16-14-18)27(31)32-26(30)19-7-2-1-3-8-19/h1-16,30-31H. The van der Waals surface area contributed by atoms with E-state index in [4.69, 9.17) is 27.2 Å². The predicted octanol–water partition coefficient (Wildman–Crippen LogP) is 6.91. The van der Waals surface area contributed by atoms with Crippen molar-refractivity contribution in [2.24, 2.45) is 0 Å². The maximum Gasteiger partial charge on any atom is 0.221 e. The van der Waals surface area contributed by atoms with E-state index in [1.807, 2.05) is 66.7 Å². The Labute approximate surface area is 191 Å². The van der Waals surface area contributed by atoms with Crippen molar-refractivity contribution >= 4 is 23.4 Å². The minimum absolute atomic E-state index is 0.0772. The lowest BCUT2D eigenvalue weighted by Gasteiger charge is -2.12. The molecule has 0 aliphatic carbocycles. The van der Waals surface area contributed by atoms with Crippen molar-refractivity contribution < 1.29 is 4.74 Å². The van der Waals surface area contributed by atoms with E-state index in [0.717, 1.165) is 22.3 Å². The minimum atomic E-state index is -0.104. The highest BCUT2D eigenvalue weighted by molar-refractivity contribution is 6.36. The highest BCUT2D eigenvalue weighted by Crippen LogP contribution is 2.37. The summed E-state index contributed by atoms with van der Waals surface area (Å²) in [5.41, 5.74) is 5.00. The molecule has 0 radical (unpaired) electrons. The summed E-state index contributed by atoms with van der Waals surface area (Å²) in [7, 11) is 0. The molecule has 0 atom stereocenters. The van der Waals surface area contributed by atoms with Gasteiger partial charge >= 0.3 is 0 Å². The second-order valence-electron chi connectivity index (χ2n) is 7.03. The highest BCUT2D eigenvalue weighted by atomic mass is 35.5. The van der Waals surface area contributed by atoms with Crippen LogP contribution in [0.1, 0.15) is 16.7 Å². The summed E-state index contributed by atoms with van der Waals surface area (Å²) in [6, 6.07) is 31.6. The van der Waals surface area contributed by atoms with Gasteiger partial charge in [-0.1, -0.05) is 78.3 Å². The fraction of sp³-hybridized carbons (Fsp3) is 0. The molecule has 0 amide bonds. The minimum Gasteiger partial charge on any atom is -0.421 e. The Morgan fingerprint density at radius 2 is 1.22 bits per heavy atom. The maximum absolute atomic E-state index is 9.43. The Morgan fingerprint density at radius 1 is 0.656 bits per heavy atom. The van der Waals surface area contributed by atoms with Gasteiger partial charge in [0.2, 0.25) is 11.8 Å². The van der Waals surface area contributed by atoms with Crippen LogP contribution in [0.3, 0.4) is 0 Å². The van der Waals surface area contributed by atoms with Crippen molar-refractivity contribution in [1.29, 1.82) is 16.1 Å². The Hall–Kier alpha value is -4.20. The summed E-state index contributed by atoms with van der Waals surface area (Å²) in [4.78, 5) is 0. The van der Waals surface area contributed by atoms with Crippen molar-refractivity contribution in [2.75, 3.05) is 0 Å². The van der Waals surface area contributed by atoms with Crippen molar-refractivity contribution in [1.82, 2.24) is 0 Å². The van der Waals surface area contributed by atoms with Gasteiger partial charge in [-0.15, -0.1) is 0 Å². The molecule has 4 aromatic carbocycles. The van der Waals surface area contributed by atoms with Crippen molar-refractivity contribution in [2.45, 2.75) is 0 Å². The van der Waals surface area contributed by atoms with E-state index >= 15 is 0 Å². The number of nitrogens with zero attached hydrogens (tertiary/aromatic N) is 1. The number of nitriles is 1. The molecule has 5 heteroatoms. The maximum atomic E-state index is 9.43. The molecule has 0 bridgehead atoms. The Kier molecular flexibility index (Phi) is 6.12. The molecule has 4 nitrogen and oxygen atoms in total. The first-order valence-corrected chi connectivity index (χ1v) is 10.3. The summed E-state index contributed by atoms with van der Waals surface area (Å²) in [5, 5.41) is 26.2. The van der Waals surface area contributed by atoms with Gasteiger partial charge < -0.3 is 4.74 Å². The smallest absolute Gasteiger partial charge is 0.221 e. The predicted molar refractivity (Wildman–Crippen MR) is 128 cm³/mol. The number of ether oxygens (including phenoxy) is 1. The average Bonchev–Trinajstić information content (AvgIpc) is 2.85. The Balaban J connectivity index is 1.59. The third-order valence-electron chi connectivity index (χ3n) is 5.03. The zero-order chi connectivity index (χ0) is 22.5. The number of hydrogen-bond donors (Lipinski definition) is 2. The molecular formula is C27H18ClN3O. The van der Waals surface area contributed by atoms with E-state index in [1.54, 1.807) is 30.3 Å². The van der Waals surface area contributed by atoms with Crippen LogP contribution in [0.25, 0.3) is 22.3 Å². The second kappa shape index (κ2) is 9.30. The molecule has 0 aromatic heterocycles. The molecule has 154 valence electrons. The molecule has 4 rings (SSSR count). The summed E-state index contributed by atoms with van der Waals surface area (Å²) in [5.74, 6) is -0.181. The van der Waals surface area contributed by atoms with Gasteiger partial charge in [0.15, 0.2) is 0 Å². The van der Waals surface area contributed by atoms with E-state index in [2.05, 4.69) is 6.07 Å². The lowest BCUT2D eigenvalue weighted by molar-refractivity contribution is 0.538. The summed E-state index contributed by atoms with van der Waals surface area (Å²) < 4.78 is 5.40. The van der Waals surface area contributed by atoms with Gasteiger partial charge in [0, 0.05) is 27.8 Å². The fourth-order valence-electron chi connectivity index (χ4n) is 3.39. The third-order valence-corrected chi connectivity index (χ3v) is 5.44. The zero-order valence-corrected chi connectivity index (χ0v) is 17.7. The van der Waals surface area contributed by atoms with Gasteiger partial charge in [-0.05, 0) is 35.9 Å². The first-order valence-electron chi connectivity index (χ1n) is 9.87. The summed E-state index contributed by atoms with van der Waals surface area (Å²) in [6.07, 6.45) is 0. The molecule has 0 aliphatic heterocycles. The molecule has 0 saturated carbocycles. The van der Waals surface area contributed by atoms with Crippen LogP contribution in [-0.4, -0.2) is 11.8 Å². The molecule has 4 aromatic rings. The van der Waals surface area contributed by atoms with E-state index < -0.39 is 0 Å². The molecule has 2 N–H and O–H groups in total. The van der Waals surface area contributed by atoms with Gasteiger partial charge in [0.05, 0.1) is 16.7 Å². The fourth-order valence-corrected chi connectivity index (χ4v) is 3.73. The van der Waals surface area contributed by atoms with Crippen molar-refractivity contribution in [3.05, 3.63) is 119 Å². The van der Waals surface area contributed by atoms with Crippen LogP contribution < -0.4 is 0 Å². The largest absolute Gasteiger partial charge is 0.421 e. The SMILES string of the molecule is N#Cc1ccccc1-c1cccc(-c2ccc(C(=N)OC(=N)c3ccccc3)cc2)c1Cl. The van der Waals surface area contributed by atoms with Gasteiger partial charge in [-0.25, -0.2) is 0 Å². The molecule has 0 fully saturated rings.